The van der Waals surface area contributed by atoms with Crippen molar-refractivity contribution in [2.24, 2.45) is 0 Å². The van der Waals surface area contributed by atoms with Gasteiger partial charge in [0.05, 0.1) is 9.83 Å². The Morgan fingerprint density at radius 1 is 1.20 bits per heavy atom. The normalized spacial score (nSPS) is 15.2. The quantitative estimate of drug-likeness (QED) is 0.202. The van der Waals surface area contributed by atoms with E-state index < -0.39 is 10.9 Å². The van der Waals surface area contributed by atoms with Crippen LogP contribution in [-0.4, -0.2) is 42.2 Å². The fraction of sp³-hybridized carbons (Fsp3) is 0.250. The van der Waals surface area contributed by atoms with E-state index in [-0.39, 0.29) is 18.0 Å². The highest BCUT2D eigenvalue weighted by Crippen LogP contribution is 2.33. The second-order valence-corrected chi connectivity index (χ2v) is 8.29. The van der Waals surface area contributed by atoms with E-state index in [1.54, 1.807) is 23.1 Å². The highest BCUT2D eigenvalue weighted by molar-refractivity contribution is 8.26. The van der Waals surface area contributed by atoms with Crippen molar-refractivity contribution < 1.29 is 19.6 Å². The number of hydrogen-bond acceptors (Lipinski definition) is 6. The molecule has 0 spiro atoms. The highest BCUT2D eigenvalue weighted by Gasteiger charge is 2.31. The third-order valence-electron chi connectivity index (χ3n) is 4.54. The average Bonchev–Trinajstić information content (AvgIpc) is 3.27. The van der Waals surface area contributed by atoms with Crippen LogP contribution in [0, 0.1) is 10.1 Å². The first-order valence-electron chi connectivity index (χ1n) is 9.26. The Bertz CT molecular complexity index is 1010. The molecule has 0 saturated carbocycles. The molecule has 1 aliphatic heterocycles. The van der Waals surface area contributed by atoms with Crippen LogP contribution in [0.25, 0.3) is 11.8 Å². The fourth-order valence-electron chi connectivity index (χ4n) is 3.03. The molecule has 2 aromatic rings. The largest absolute Gasteiger partial charge is 0.481 e. The number of hydrogen-bond donors (Lipinski definition) is 1. The second kappa shape index (κ2) is 9.68. The number of benzene rings is 1. The summed E-state index contributed by atoms with van der Waals surface area (Å²) in [6.45, 7) is 0.463. The molecular formula is C20H19N3O5S2. The number of unbranched alkanes of at least 4 members (excludes halogenated alkanes) is 2. The van der Waals surface area contributed by atoms with E-state index in [1.165, 1.54) is 23.9 Å². The van der Waals surface area contributed by atoms with Gasteiger partial charge < -0.3 is 9.67 Å². The number of amides is 1. The van der Waals surface area contributed by atoms with Crippen LogP contribution in [0.2, 0.25) is 0 Å². The summed E-state index contributed by atoms with van der Waals surface area (Å²) in [6.07, 6.45) is 5.67. The first kappa shape index (κ1) is 21.7. The SMILES string of the molecule is O=C(O)CCCCCN1C(=O)/C(=C\c2cccn2-c2ccc([N+](=O)[O-])cc2)SC1=S. The van der Waals surface area contributed by atoms with Crippen molar-refractivity contribution in [3.8, 4) is 5.69 Å². The Kier molecular flexibility index (Phi) is 7.01. The zero-order valence-corrected chi connectivity index (χ0v) is 17.5. The summed E-state index contributed by atoms with van der Waals surface area (Å²) in [7, 11) is 0. The van der Waals surface area contributed by atoms with Gasteiger partial charge in [0.15, 0.2) is 0 Å². The van der Waals surface area contributed by atoms with Crippen molar-refractivity contribution in [1.82, 2.24) is 9.47 Å². The molecule has 0 bridgehead atoms. The van der Waals surface area contributed by atoms with E-state index in [0.29, 0.717) is 35.0 Å². The topological polar surface area (TPSA) is 106 Å². The Morgan fingerprint density at radius 3 is 2.60 bits per heavy atom. The molecule has 10 heteroatoms. The van der Waals surface area contributed by atoms with Crippen molar-refractivity contribution in [3.63, 3.8) is 0 Å². The van der Waals surface area contributed by atoms with Gasteiger partial charge in [0.25, 0.3) is 11.6 Å². The molecular weight excluding hydrogens is 426 g/mol. The molecule has 1 saturated heterocycles. The predicted molar refractivity (Wildman–Crippen MR) is 118 cm³/mol. The molecule has 30 heavy (non-hydrogen) atoms. The zero-order valence-electron chi connectivity index (χ0n) is 15.9. The molecule has 8 nitrogen and oxygen atoms in total. The van der Waals surface area contributed by atoms with Gasteiger partial charge in [0, 0.05) is 42.7 Å². The fourth-order valence-corrected chi connectivity index (χ4v) is 4.33. The van der Waals surface area contributed by atoms with E-state index in [0.717, 1.165) is 11.4 Å². The number of aromatic nitrogens is 1. The highest BCUT2D eigenvalue weighted by atomic mass is 32.2. The number of thiocarbonyl (C=S) groups is 1. The standard InChI is InChI=1S/C20H19N3O5S2/c24-18(25)6-2-1-3-11-22-19(26)17(30-20(22)29)13-16-5-4-12-21(16)14-7-9-15(10-8-14)23(27)28/h4-5,7-10,12-13H,1-3,6,11H2,(H,24,25)/b17-13+. The van der Waals surface area contributed by atoms with Crippen LogP contribution in [0.5, 0.6) is 0 Å². The number of carbonyl (C=O) groups excluding carboxylic acids is 1. The molecule has 0 atom stereocenters. The van der Waals surface area contributed by atoms with E-state index in [9.17, 15) is 19.7 Å². The summed E-state index contributed by atoms with van der Waals surface area (Å²) in [5.41, 5.74) is 1.51. The number of aliphatic carboxylic acids is 1. The van der Waals surface area contributed by atoms with Crippen LogP contribution < -0.4 is 0 Å². The van der Waals surface area contributed by atoms with Gasteiger partial charge >= 0.3 is 5.97 Å². The van der Waals surface area contributed by atoms with Crippen molar-refractivity contribution in [3.05, 3.63) is 63.3 Å². The minimum absolute atomic E-state index is 0.0108. The number of rotatable bonds is 9. The van der Waals surface area contributed by atoms with E-state index >= 15 is 0 Å². The molecule has 2 heterocycles. The number of carboxylic acids is 1. The van der Waals surface area contributed by atoms with E-state index in [2.05, 4.69) is 0 Å². The lowest BCUT2D eigenvalue weighted by Crippen LogP contribution is -2.29. The number of thioether (sulfide) groups is 1. The lowest BCUT2D eigenvalue weighted by molar-refractivity contribution is -0.384. The molecule has 0 aliphatic carbocycles. The van der Waals surface area contributed by atoms with Gasteiger partial charge in [-0.25, -0.2) is 0 Å². The molecule has 0 unspecified atom stereocenters. The van der Waals surface area contributed by atoms with E-state index in [1.807, 2.05) is 22.9 Å². The number of carbonyl (C=O) groups is 2. The monoisotopic (exact) mass is 445 g/mol. The lowest BCUT2D eigenvalue weighted by Gasteiger charge is -2.13. The molecule has 1 aliphatic rings. The van der Waals surface area contributed by atoms with Crippen LogP contribution in [0.1, 0.15) is 31.4 Å². The summed E-state index contributed by atoms with van der Waals surface area (Å²) in [5.74, 6) is -0.987. The number of nitrogens with zero attached hydrogens (tertiary/aromatic N) is 3. The molecule has 0 radical (unpaired) electrons. The van der Waals surface area contributed by atoms with Gasteiger partial charge in [-0.05, 0) is 43.2 Å². The smallest absolute Gasteiger partial charge is 0.303 e. The van der Waals surface area contributed by atoms with Crippen LogP contribution in [0.3, 0.4) is 0 Å². The minimum atomic E-state index is -0.820. The first-order valence-corrected chi connectivity index (χ1v) is 10.5. The molecule has 3 rings (SSSR count). The summed E-state index contributed by atoms with van der Waals surface area (Å²) in [6, 6.07) is 9.85. The molecule has 156 valence electrons. The number of non-ortho nitro benzene ring substituents is 1. The second-order valence-electron chi connectivity index (χ2n) is 6.61. The number of nitro groups is 1. The van der Waals surface area contributed by atoms with E-state index in [4.69, 9.17) is 17.3 Å². The summed E-state index contributed by atoms with van der Waals surface area (Å²) in [5, 5.41) is 19.5. The van der Waals surface area contributed by atoms with Crippen LogP contribution in [0.4, 0.5) is 5.69 Å². The van der Waals surface area contributed by atoms with Gasteiger partial charge in [-0.15, -0.1) is 0 Å². The van der Waals surface area contributed by atoms with Gasteiger partial charge in [0.1, 0.15) is 4.32 Å². The Morgan fingerprint density at radius 2 is 1.93 bits per heavy atom. The van der Waals surface area contributed by atoms with Gasteiger partial charge in [0.2, 0.25) is 0 Å². The predicted octanol–water partition coefficient (Wildman–Crippen LogP) is 4.23. The maximum atomic E-state index is 12.8. The molecule has 1 aromatic heterocycles. The van der Waals surface area contributed by atoms with Gasteiger partial charge in [-0.2, -0.15) is 0 Å². The van der Waals surface area contributed by atoms with Crippen LogP contribution in [0.15, 0.2) is 47.5 Å². The number of nitro benzene ring substituents is 1. The first-order chi connectivity index (χ1) is 14.4. The van der Waals surface area contributed by atoms with Crippen molar-refractivity contribution in [1.29, 1.82) is 0 Å². The Labute approximate surface area is 182 Å². The lowest BCUT2D eigenvalue weighted by atomic mass is 10.2. The molecule has 1 N–H and O–H groups in total. The Hall–Kier alpha value is -2.98. The summed E-state index contributed by atoms with van der Waals surface area (Å²) in [4.78, 5) is 35.8. The molecule has 1 aromatic carbocycles. The summed E-state index contributed by atoms with van der Waals surface area (Å²) < 4.78 is 2.32. The van der Waals surface area contributed by atoms with Crippen molar-refractivity contribution in [2.45, 2.75) is 25.7 Å². The van der Waals surface area contributed by atoms with Crippen LogP contribution >= 0.6 is 24.0 Å². The molecule has 1 amide bonds. The zero-order chi connectivity index (χ0) is 21.7. The third kappa shape index (κ3) is 5.14. The van der Waals surface area contributed by atoms with Crippen LogP contribution in [-0.2, 0) is 9.59 Å². The number of carboxylic acid groups (broad SMARTS) is 1. The maximum absolute atomic E-state index is 12.8. The molecule has 1 fully saturated rings. The van der Waals surface area contributed by atoms with Gasteiger partial charge in [-0.3, -0.25) is 24.6 Å². The van der Waals surface area contributed by atoms with Crippen molar-refractivity contribution in [2.75, 3.05) is 6.54 Å². The summed E-state index contributed by atoms with van der Waals surface area (Å²) >= 11 is 6.57. The Balaban J connectivity index is 1.70. The van der Waals surface area contributed by atoms with Crippen molar-refractivity contribution >= 4 is 51.9 Å². The minimum Gasteiger partial charge on any atom is -0.481 e. The van der Waals surface area contributed by atoms with Gasteiger partial charge in [-0.1, -0.05) is 30.4 Å². The maximum Gasteiger partial charge on any atom is 0.303 e. The third-order valence-corrected chi connectivity index (χ3v) is 5.92. The average molecular weight is 446 g/mol.